The molecule has 110 valence electrons. The van der Waals surface area contributed by atoms with Crippen LogP contribution in [-0.4, -0.2) is 42.9 Å². The molecule has 2 N–H and O–H groups in total. The van der Waals surface area contributed by atoms with Crippen molar-refractivity contribution in [1.82, 2.24) is 4.90 Å². The summed E-state index contributed by atoms with van der Waals surface area (Å²) in [6.07, 6.45) is -5.54. The van der Waals surface area contributed by atoms with E-state index >= 15 is 0 Å². The first-order valence-electron chi connectivity index (χ1n) is 5.78. The Morgan fingerprint density at radius 3 is 2.60 bits per heavy atom. The van der Waals surface area contributed by atoms with Gasteiger partial charge in [0.1, 0.15) is 11.9 Å². The highest BCUT2D eigenvalue weighted by Crippen LogP contribution is 2.27. The molecule has 1 aromatic carbocycles. The van der Waals surface area contributed by atoms with Gasteiger partial charge >= 0.3 is 6.18 Å². The zero-order valence-electron chi connectivity index (χ0n) is 10.3. The van der Waals surface area contributed by atoms with E-state index in [1.165, 1.54) is 17.0 Å². The number of anilines is 1. The molecule has 0 bridgehead atoms. The highest BCUT2D eigenvalue weighted by atomic mass is 19.4. The third-order valence-electron chi connectivity index (χ3n) is 2.78. The van der Waals surface area contributed by atoms with E-state index < -0.39 is 24.9 Å². The molecule has 0 saturated carbocycles. The van der Waals surface area contributed by atoms with Gasteiger partial charge in [0.05, 0.1) is 18.8 Å². The summed E-state index contributed by atoms with van der Waals surface area (Å²) in [5.74, 6) is -0.679. The maximum atomic E-state index is 12.7. The predicted octanol–water partition coefficient (Wildman–Crippen LogP) is 2.00. The van der Waals surface area contributed by atoms with Crippen LogP contribution in [-0.2, 0) is 0 Å². The number of nitrogens with zero attached hydrogens (tertiary/aromatic N) is 1. The number of nitrogen functional groups attached to an aromatic ring is 1. The first-order valence-corrected chi connectivity index (χ1v) is 5.78. The summed E-state index contributed by atoms with van der Waals surface area (Å²) in [6, 6.07) is 3.78. The van der Waals surface area contributed by atoms with E-state index in [2.05, 4.69) is 4.74 Å². The van der Waals surface area contributed by atoms with Crippen LogP contribution in [0.3, 0.4) is 0 Å². The number of carbonyl (C=O) groups is 1. The number of halogens is 4. The SMILES string of the molecule is Nc1ccc(C(=O)N2CC(F)C2)cc1OCC(F)(F)F. The molecule has 4 nitrogen and oxygen atoms in total. The van der Waals surface area contributed by atoms with E-state index in [1.807, 2.05) is 0 Å². The van der Waals surface area contributed by atoms with Gasteiger partial charge in [0.25, 0.3) is 5.91 Å². The van der Waals surface area contributed by atoms with Crippen LogP contribution in [0.25, 0.3) is 0 Å². The fourth-order valence-corrected chi connectivity index (χ4v) is 1.73. The Balaban J connectivity index is 2.10. The lowest BCUT2D eigenvalue weighted by molar-refractivity contribution is -0.153. The molecule has 0 aliphatic carbocycles. The molecule has 1 aliphatic rings. The number of amides is 1. The van der Waals surface area contributed by atoms with E-state index in [-0.39, 0.29) is 30.1 Å². The maximum Gasteiger partial charge on any atom is 0.422 e. The van der Waals surface area contributed by atoms with Crippen molar-refractivity contribution in [2.75, 3.05) is 25.4 Å². The van der Waals surface area contributed by atoms with Gasteiger partial charge in [-0.3, -0.25) is 4.79 Å². The van der Waals surface area contributed by atoms with Crippen molar-refractivity contribution in [3.05, 3.63) is 23.8 Å². The maximum absolute atomic E-state index is 12.7. The van der Waals surface area contributed by atoms with Gasteiger partial charge in [-0.15, -0.1) is 0 Å². The van der Waals surface area contributed by atoms with Gasteiger partial charge in [0.15, 0.2) is 6.61 Å². The zero-order valence-corrected chi connectivity index (χ0v) is 10.3. The topological polar surface area (TPSA) is 55.6 Å². The number of hydrogen-bond acceptors (Lipinski definition) is 3. The molecule has 1 saturated heterocycles. The fourth-order valence-electron chi connectivity index (χ4n) is 1.73. The van der Waals surface area contributed by atoms with Crippen molar-refractivity contribution >= 4 is 11.6 Å². The number of hydrogen-bond donors (Lipinski definition) is 1. The van der Waals surface area contributed by atoms with Gasteiger partial charge in [0.2, 0.25) is 0 Å². The summed E-state index contributed by atoms with van der Waals surface area (Å²) in [7, 11) is 0. The molecule has 1 fully saturated rings. The molecule has 20 heavy (non-hydrogen) atoms. The number of nitrogens with two attached hydrogens (primary N) is 1. The van der Waals surface area contributed by atoms with Gasteiger partial charge in [-0.2, -0.15) is 13.2 Å². The lowest BCUT2D eigenvalue weighted by Crippen LogP contribution is -2.51. The second-order valence-electron chi connectivity index (χ2n) is 4.46. The lowest BCUT2D eigenvalue weighted by atomic mass is 10.1. The number of likely N-dealkylation sites (tertiary alicyclic amines) is 1. The molecule has 0 unspecified atom stereocenters. The van der Waals surface area contributed by atoms with Gasteiger partial charge in [0, 0.05) is 5.56 Å². The monoisotopic (exact) mass is 292 g/mol. The number of rotatable bonds is 3. The molecule has 0 aromatic heterocycles. The molecule has 1 aliphatic heterocycles. The van der Waals surface area contributed by atoms with Crippen LogP contribution in [0.5, 0.6) is 5.75 Å². The Morgan fingerprint density at radius 1 is 1.40 bits per heavy atom. The largest absolute Gasteiger partial charge is 0.482 e. The van der Waals surface area contributed by atoms with Crippen molar-refractivity contribution in [3.63, 3.8) is 0 Å². The molecule has 1 heterocycles. The third-order valence-corrected chi connectivity index (χ3v) is 2.78. The first kappa shape index (κ1) is 14.4. The van der Waals surface area contributed by atoms with Gasteiger partial charge < -0.3 is 15.4 Å². The standard InChI is InChI=1S/C12H12F4N2O2/c13-8-4-18(5-8)11(19)7-1-2-9(17)10(3-7)20-6-12(14,15)16/h1-3,8H,4-6,17H2. The Morgan fingerprint density at radius 2 is 2.05 bits per heavy atom. The Hall–Kier alpha value is -1.99. The van der Waals surface area contributed by atoms with Gasteiger partial charge in [-0.1, -0.05) is 0 Å². The summed E-state index contributed by atoms with van der Waals surface area (Å²) in [5.41, 5.74) is 5.60. The molecule has 1 aromatic rings. The van der Waals surface area contributed by atoms with Crippen molar-refractivity contribution in [2.24, 2.45) is 0 Å². The number of benzene rings is 1. The minimum absolute atomic E-state index is 0.00206. The average molecular weight is 292 g/mol. The molecule has 0 atom stereocenters. The van der Waals surface area contributed by atoms with Crippen molar-refractivity contribution in [1.29, 1.82) is 0 Å². The normalized spacial score (nSPS) is 15.9. The van der Waals surface area contributed by atoms with Crippen LogP contribution in [0.4, 0.5) is 23.2 Å². The van der Waals surface area contributed by atoms with Crippen LogP contribution < -0.4 is 10.5 Å². The van der Waals surface area contributed by atoms with Crippen molar-refractivity contribution in [3.8, 4) is 5.75 Å². The van der Waals surface area contributed by atoms with Crippen LogP contribution in [0.1, 0.15) is 10.4 Å². The summed E-state index contributed by atoms with van der Waals surface area (Å²) in [5, 5.41) is 0. The van der Waals surface area contributed by atoms with Crippen LogP contribution >= 0.6 is 0 Å². The highest BCUT2D eigenvalue weighted by Gasteiger charge is 2.32. The second-order valence-corrected chi connectivity index (χ2v) is 4.46. The minimum Gasteiger partial charge on any atom is -0.482 e. The molecular formula is C12H12F4N2O2. The second kappa shape index (κ2) is 5.18. The molecule has 1 amide bonds. The minimum atomic E-state index is -4.49. The zero-order chi connectivity index (χ0) is 14.9. The van der Waals surface area contributed by atoms with Gasteiger partial charge in [-0.05, 0) is 18.2 Å². The number of alkyl halides is 4. The van der Waals surface area contributed by atoms with Crippen LogP contribution in [0.15, 0.2) is 18.2 Å². The van der Waals surface area contributed by atoms with E-state index in [4.69, 9.17) is 5.73 Å². The summed E-state index contributed by atoms with van der Waals surface area (Å²) < 4.78 is 53.5. The van der Waals surface area contributed by atoms with E-state index in [1.54, 1.807) is 0 Å². The highest BCUT2D eigenvalue weighted by molar-refractivity contribution is 5.95. The molecule has 2 rings (SSSR count). The third kappa shape index (κ3) is 3.31. The fraction of sp³-hybridized carbons (Fsp3) is 0.417. The number of carbonyl (C=O) groups excluding carboxylic acids is 1. The van der Waals surface area contributed by atoms with Crippen LogP contribution in [0, 0.1) is 0 Å². The Bertz CT molecular complexity index is 513. The van der Waals surface area contributed by atoms with Crippen molar-refractivity contribution in [2.45, 2.75) is 12.3 Å². The molecule has 0 radical (unpaired) electrons. The quantitative estimate of drug-likeness (QED) is 0.685. The summed E-state index contributed by atoms with van der Waals surface area (Å²) in [4.78, 5) is 13.1. The predicted molar refractivity (Wildman–Crippen MR) is 63.2 cm³/mol. The van der Waals surface area contributed by atoms with Gasteiger partial charge in [-0.25, -0.2) is 4.39 Å². The van der Waals surface area contributed by atoms with Crippen LogP contribution in [0.2, 0.25) is 0 Å². The molecule has 0 spiro atoms. The molecular weight excluding hydrogens is 280 g/mol. The molecule has 8 heteroatoms. The van der Waals surface area contributed by atoms with E-state index in [9.17, 15) is 22.4 Å². The Labute approximate surface area is 112 Å². The van der Waals surface area contributed by atoms with E-state index in [0.717, 1.165) is 6.07 Å². The lowest BCUT2D eigenvalue weighted by Gasteiger charge is -2.34. The smallest absolute Gasteiger partial charge is 0.422 e. The average Bonchev–Trinajstić information content (AvgIpc) is 2.32. The first-order chi connectivity index (χ1) is 9.26. The summed E-state index contributed by atoms with van der Waals surface area (Å²) in [6.45, 7) is -1.52. The van der Waals surface area contributed by atoms with Crippen molar-refractivity contribution < 1.29 is 27.1 Å². The van der Waals surface area contributed by atoms with E-state index in [0.29, 0.717) is 0 Å². The summed E-state index contributed by atoms with van der Waals surface area (Å²) >= 11 is 0. The number of ether oxygens (including phenoxy) is 1. The Kier molecular flexibility index (Phi) is 3.74.